The zero-order chi connectivity index (χ0) is 11.4. The molecule has 0 aromatic rings. The summed E-state index contributed by atoms with van der Waals surface area (Å²) in [5.74, 6) is 0.874. The van der Waals surface area contributed by atoms with Gasteiger partial charge in [0.15, 0.2) is 5.11 Å². The third kappa shape index (κ3) is 3.34. The molecule has 0 bridgehead atoms. The van der Waals surface area contributed by atoms with Crippen LogP contribution in [0, 0.1) is 5.92 Å². The van der Waals surface area contributed by atoms with Crippen molar-refractivity contribution >= 4 is 17.3 Å². The van der Waals surface area contributed by atoms with Gasteiger partial charge in [-0.25, -0.2) is 0 Å². The zero-order valence-corrected chi connectivity index (χ0v) is 11.2. The quantitative estimate of drug-likeness (QED) is 0.710. The van der Waals surface area contributed by atoms with Crippen LogP contribution >= 0.6 is 12.2 Å². The van der Waals surface area contributed by atoms with Crippen molar-refractivity contribution in [2.45, 2.75) is 57.9 Å². The molecule has 1 saturated heterocycles. The Balaban J connectivity index is 1.78. The van der Waals surface area contributed by atoms with Crippen molar-refractivity contribution in [3.05, 3.63) is 0 Å². The van der Waals surface area contributed by atoms with Gasteiger partial charge >= 0.3 is 0 Å². The van der Waals surface area contributed by atoms with Crippen LogP contribution in [-0.4, -0.2) is 29.1 Å². The average molecular weight is 240 g/mol. The van der Waals surface area contributed by atoms with Gasteiger partial charge in [0, 0.05) is 19.1 Å². The van der Waals surface area contributed by atoms with E-state index >= 15 is 0 Å². The first-order valence-electron chi connectivity index (χ1n) is 6.81. The van der Waals surface area contributed by atoms with Gasteiger partial charge in [0.05, 0.1) is 0 Å². The van der Waals surface area contributed by atoms with E-state index in [0.717, 1.165) is 24.1 Å². The second-order valence-electron chi connectivity index (χ2n) is 5.45. The molecule has 16 heavy (non-hydrogen) atoms. The molecule has 2 fully saturated rings. The minimum absolute atomic E-state index is 0.660. The van der Waals surface area contributed by atoms with E-state index in [-0.39, 0.29) is 0 Å². The number of rotatable bonds is 1. The molecule has 2 rings (SSSR count). The lowest BCUT2D eigenvalue weighted by Crippen LogP contribution is -2.44. The summed E-state index contributed by atoms with van der Waals surface area (Å²) < 4.78 is 0. The van der Waals surface area contributed by atoms with Gasteiger partial charge in [-0.05, 0) is 50.2 Å². The lowest BCUT2D eigenvalue weighted by Gasteiger charge is -2.26. The Labute approximate surface area is 105 Å². The Morgan fingerprint density at radius 1 is 1.06 bits per heavy atom. The highest BCUT2D eigenvalue weighted by atomic mass is 32.1. The van der Waals surface area contributed by atoms with Crippen molar-refractivity contribution < 1.29 is 0 Å². The maximum absolute atomic E-state index is 5.52. The van der Waals surface area contributed by atoms with E-state index in [9.17, 15) is 0 Å². The molecular weight excluding hydrogens is 216 g/mol. The van der Waals surface area contributed by atoms with Crippen molar-refractivity contribution in [3.8, 4) is 0 Å². The predicted molar refractivity (Wildman–Crippen MR) is 72.6 cm³/mol. The molecule has 1 atom stereocenters. The van der Waals surface area contributed by atoms with Crippen molar-refractivity contribution in [2.75, 3.05) is 13.1 Å². The molecule has 1 saturated carbocycles. The number of likely N-dealkylation sites (tertiary alicyclic amines) is 1. The van der Waals surface area contributed by atoms with E-state index in [0.29, 0.717) is 6.04 Å². The second-order valence-corrected chi connectivity index (χ2v) is 5.84. The van der Waals surface area contributed by atoms with E-state index in [1.807, 2.05) is 0 Å². The van der Waals surface area contributed by atoms with Crippen molar-refractivity contribution in [1.82, 2.24) is 10.2 Å². The normalized spacial score (nSPS) is 27.8. The fourth-order valence-electron chi connectivity index (χ4n) is 2.80. The van der Waals surface area contributed by atoms with E-state index in [2.05, 4.69) is 17.1 Å². The van der Waals surface area contributed by atoms with Gasteiger partial charge in [-0.3, -0.25) is 0 Å². The SMILES string of the molecule is CC1CCCN(C(=S)NC2CCCC2)CC1. The van der Waals surface area contributed by atoms with E-state index in [4.69, 9.17) is 12.2 Å². The number of nitrogens with zero attached hydrogens (tertiary/aromatic N) is 1. The molecule has 2 aliphatic rings. The maximum Gasteiger partial charge on any atom is 0.169 e. The van der Waals surface area contributed by atoms with E-state index in [1.54, 1.807) is 0 Å². The molecule has 1 heterocycles. The summed E-state index contributed by atoms with van der Waals surface area (Å²) in [6.07, 6.45) is 9.33. The van der Waals surface area contributed by atoms with Crippen LogP contribution in [0.5, 0.6) is 0 Å². The largest absolute Gasteiger partial charge is 0.360 e. The standard InChI is InChI=1S/C13H24N2S/c1-11-5-4-9-15(10-8-11)13(16)14-12-6-2-3-7-12/h11-12H,2-10H2,1H3,(H,14,16). The van der Waals surface area contributed by atoms with Crippen molar-refractivity contribution in [2.24, 2.45) is 5.92 Å². The molecule has 0 amide bonds. The number of thiocarbonyl (C=S) groups is 1. The van der Waals surface area contributed by atoms with Gasteiger partial charge in [0.1, 0.15) is 0 Å². The molecule has 2 nitrogen and oxygen atoms in total. The average Bonchev–Trinajstić information content (AvgIpc) is 2.66. The molecule has 0 aromatic heterocycles. The highest BCUT2D eigenvalue weighted by Gasteiger charge is 2.20. The number of nitrogens with one attached hydrogen (secondary N) is 1. The molecule has 1 unspecified atom stereocenters. The van der Waals surface area contributed by atoms with Crippen LogP contribution in [0.25, 0.3) is 0 Å². The van der Waals surface area contributed by atoms with E-state index in [1.165, 1.54) is 44.9 Å². The van der Waals surface area contributed by atoms with E-state index < -0.39 is 0 Å². The molecule has 1 N–H and O–H groups in total. The molecule has 0 radical (unpaired) electrons. The van der Waals surface area contributed by atoms with Crippen LogP contribution < -0.4 is 5.32 Å². The molecule has 92 valence electrons. The number of hydrogen-bond donors (Lipinski definition) is 1. The molecule has 3 heteroatoms. The van der Waals surface area contributed by atoms with Gasteiger partial charge in [0.25, 0.3) is 0 Å². The zero-order valence-electron chi connectivity index (χ0n) is 10.4. The fourth-order valence-corrected chi connectivity index (χ4v) is 3.15. The smallest absolute Gasteiger partial charge is 0.169 e. The minimum Gasteiger partial charge on any atom is -0.360 e. The van der Waals surface area contributed by atoms with Gasteiger partial charge in [-0.1, -0.05) is 19.8 Å². The van der Waals surface area contributed by atoms with Crippen LogP contribution in [-0.2, 0) is 0 Å². The Hall–Kier alpha value is -0.310. The highest BCUT2D eigenvalue weighted by Crippen LogP contribution is 2.19. The van der Waals surface area contributed by atoms with Crippen LogP contribution in [0.3, 0.4) is 0 Å². The van der Waals surface area contributed by atoms with Crippen LogP contribution in [0.1, 0.15) is 51.9 Å². The summed E-state index contributed by atoms with van der Waals surface area (Å²) in [6.45, 7) is 4.67. The third-order valence-corrected chi connectivity index (χ3v) is 4.36. The van der Waals surface area contributed by atoms with Crippen molar-refractivity contribution in [1.29, 1.82) is 0 Å². The van der Waals surface area contributed by atoms with Gasteiger partial charge in [-0.15, -0.1) is 0 Å². The summed E-state index contributed by atoms with van der Waals surface area (Å²) in [4.78, 5) is 2.39. The minimum atomic E-state index is 0.660. The Morgan fingerprint density at radius 3 is 2.56 bits per heavy atom. The Bertz CT molecular complexity index is 236. The first kappa shape index (κ1) is 12.2. The molecular formula is C13H24N2S. The lowest BCUT2D eigenvalue weighted by molar-refractivity contribution is 0.410. The molecule has 0 spiro atoms. The lowest BCUT2D eigenvalue weighted by atomic mass is 10.0. The Morgan fingerprint density at radius 2 is 1.81 bits per heavy atom. The van der Waals surface area contributed by atoms with Crippen LogP contribution in [0.15, 0.2) is 0 Å². The Kier molecular flexibility index (Phi) is 4.45. The van der Waals surface area contributed by atoms with Gasteiger partial charge < -0.3 is 10.2 Å². The molecule has 0 aromatic carbocycles. The second kappa shape index (κ2) is 5.85. The topological polar surface area (TPSA) is 15.3 Å². The molecule has 1 aliphatic heterocycles. The van der Waals surface area contributed by atoms with Crippen molar-refractivity contribution in [3.63, 3.8) is 0 Å². The maximum atomic E-state index is 5.52. The highest BCUT2D eigenvalue weighted by molar-refractivity contribution is 7.80. The summed E-state index contributed by atoms with van der Waals surface area (Å²) in [7, 11) is 0. The fraction of sp³-hybridized carbons (Fsp3) is 0.923. The van der Waals surface area contributed by atoms with Gasteiger partial charge in [-0.2, -0.15) is 0 Å². The van der Waals surface area contributed by atoms with Crippen LogP contribution in [0.4, 0.5) is 0 Å². The summed E-state index contributed by atoms with van der Waals surface area (Å²) in [6, 6.07) is 0.660. The third-order valence-electron chi connectivity index (χ3n) is 3.99. The first-order valence-corrected chi connectivity index (χ1v) is 7.22. The molecule has 1 aliphatic carbocycles. The first-order chi connectivity index (χ1) is 7.75. The van der Waals surface area contributed by atoms with Gasteiger partial charge in [0.2, 0.25) is 0 Å². The summed E-state index contributed by atoms with van der Waals surface area (Å²) in [5, 5.41) is 4.56. The summed E-state index contributed by atoms with van der Waals surface area (Å²) in [5.41, 5.74) is 0. The summed E-state index contributed by atoms with van der Waals surface area (Å²) >= 11 is 5.52. The monoisotopic (exact) mass is 240 g/mol. The number of hydrogen-bond acceptors (Lipinski definition) is 1. The van der Waals surface area contributed by atoms with Crippen LogP contribution in [0.2, 0.25) is 0 Å². The predicted octanol–water partition coefficient (Wildman–Crippen LogP) is 2.93.